The molecule has 1 aromatic carbocycles. The lowest BCUT2D eigenvalue weighted by Crippen LogP contribution is -2.33. The molecule has 0 amide bonds. The number of aliphatic hydroxyl groups is 1. The van der Waals surface area contributed by atoms with Crippen LogP contribution >= 0.6 is 11.3 Å². The Hall–Kier alpha value is -0.900. The normalized spacial score (nSPS) is 17.8. The monoisotopic (exact) mass is 233 g/mol. The SMILES string of the molecule is OCC1(NCc2cc3ccccc3s2)CC1. The van der Waals surface area contributed by atoms with E-state index in [4.69, 9.17) is 0 Å². The van der Waals surface area contributed by atoms with Crippen molar-refractivity contribution in [3.05, 3.63) is 35.2 Å². The van der Waals surface area contributed by atoms with E-state index in [0.29, 0.717) is 0 Å². The molecule has 1 saturated carbocycles. The molecule has 2 N–H and O–H groups in total. The van der Waals surface area contributed by atoms with Crippen molar-refractivity contribution in [2.45, 2.75) is 24.9 Å². The Morgan fingerprint density at radius 3 is 2.81 bits per heavy atom. The van der Waals surface area contributed by atoms with Gasteiger partial charge in [-0.3, -0.25) is 0 Å². The summed E-state index contributed by atoms with van der Waals surface area (Å²) in [5.41, 5.74) is 0.0379. The largest absolute Gasteiger partial charge is 0.394 e. The zero-order valence-corrected chi connectivity index (χ0v) is 9.89. The van der Waals surface area contributed by atoms with Gasteiger partial charge in [0.25, 0.3) is 0 Å². The van der Waals surface area contributed by atoms with Crippen LogP contribution in [0.2, 0.25) is 0 Å². The summed E-state index contributed by atoms with van der Waals surface area (Å²) >= 11 is 1.83. The fourth-order valence-corrected chi connectivity index (χ4v) is 2.94. The number of fused-ring (bicyclic) bond motifs is 1. The summed E-state index contributed by atoms with van der Waals surface area (Å²) in [5.74, 6) is 0. The highest BCUT2D eigenvalue weighted by Crippen LogP contribution is 2.35. The lowest BCUT2D eigenvalue weighted by molar-refractivity contribution is 0.230. The van der Waals surface area contributed by atoms with E-state index in [-0.39, 0.29) is 12.1 Å². The number of nitrogens with one attached hydrogen (secondary N) is 1. The average Bonchev–Trinajstić information content (AvgIpc) is 2.98. The van der Waals surface area contributed by atoms with Gasteiger partial charge in [0.05, 0.1) is 6.61 Å². The van der Waals surface area contributed by atoms with Gasteiger partial charge in [-0.2, -0.15) is 0 Å². The molecule has 3 rings (SSSR count). The van der Waals surface area contributed by atoms with Crippen molar-refractivity contribution in [2.75, 3.05) is 6.61 Å². The Labute approximate surface area is 98.9 Å². The van der Waals surface area contributed by atoms with Crippen LogP contribution in [0.3, 0.4) is 0 Å². The van der Waals surface area contributed by atoms with Crippen LogP contribution < -0.4 is 5.32 Å². The van der Waals surface area contributed by atoms with Crippen molar-refractivity contribution in [1.29, 1.82) is 0 Å². The highest BCUT2D eigenvalue weighted by Gasteiger charge is 2.41. The second kappa shape index (κ2) is 3.84. The van der Waals surface area contributed by atoms with Gasteiger partial charge in [-0.1, -0.05) is 18.2 Å². The first-order chi connectivity index (χ1) is 7.81. The third-order valence-corrected chi connectivity index (χ3v) is 4.39. The third-order valence-electron chi connectivity index (χ3n) is 3.27. The summed E-state index contributed by atoms with van der Waals surface area (Å²) in [4.78, 5) is 1.35. The number of benzene rings is 1. The van der Waals surface area contributed by atoms with E-state index in [2.05, 4.69) is 35.6 Å². The molecule has 0 saturated heterocycles. The summed E-state index contributed by atoms with van der Waals surface area (Å²) in [5, 5.41) is 14.0. The molecule has 1 aliphatic carbocycles. The van der Waals surface area contributed by atoms with Crippen molar-refractivity contribution in [3.63, 3.8) is 0 Å². The van der Waals surface area contributed by atoms with Crippen LogP contribution in [0.15, 0.2) is 30.3 Å². The quantitative estimate of drug-likeness (QED) is 0.850. The zero-order chi connectivity index (χ0) is 11.0. The molecule has 1 fully saturated rings. The maximum Gasteiger partial charge on any atom is 0.0613 e. The molecular formula is C13H15NOS. The van der Waals surface area contributed by atoms with E-state index in [1.165, 1.54) is 15.0 Å². The minimum Gasteiger partial charge on any atom is -0.394 e. The molecule has 0 radical (unpaired) electrons. The van der Waals surface area contributed by atoms with Crippen LogP contribution in [0.4, 0.5) is 0 Å². The second-order valence-electron chi connectivity index (χ2n) is 4.54. The molecular weight excluding hydrogens is 218 g/mol. The molecule has 0 aliphatic heterocycles. The summed E-state index contributed by atoms with van der Waals surface area (Å²) in [6.45, 7) is 1.14. The lowest BCUT2D eigenvalue weighted by atomic mass is 10.2. The topological polar surface area (TPSA) is 32.3 Å². The van der Waals surface area contributed by atoms with Crippen LogP contribution in [0, 0.1) is 0 Å². The van der Waals surface area contributed by atoms with Crippen molar-refractivity contribution in [2.24, 2.45) is 0 Å². The summed E-state index contributed by atoms with van der Waals surface area (Å²) in [7, 11) is 0. The van der Waals surface area contributed by atoms with Gasteiger partial charge in [-0.15, -0.1) is 11.3 Å². The van der Waals surface area contributed by atoms with Crippen LogP contribution in [0.1, 0.15) is 17.7 Å². The molecule has 3 heteroatoms. The maximum absolute atomic E-state index is 9.22. The van der Waals surface area contributed by atoms with E-state index < -0.39 is 0 Å². The highest BCUT2D eigenvalue weighted by molar-refractivity contribution is 7.19. The van der Waals surface area contributed by atoms with Gasteiger partial charge in [0.1, 0.15) is 0 Å². The first-order valence-electron chi connectivity index (χ1n) is 5.65. The molecule has 0 bridgehead atoms. The van der Waals surface area contributed by atoms with Crippen LogP contribution in [0.25, 0.3) is 10.1 Å². The van der Waals surface area contributed by atoms with E-state index in [1.54, 1.807) is 0 Å². The summed E-state index contributed by atoms with van der Waals surface area (Å²) in [6, 6.07) is 10.7. The lowest BCUT2D eigenvalue weighted by Gasteiger charge is -2.12. The van der Waals surface area contributed by atoms with Gasteiger partial charge in [-0.05, 0) is 30.4 Å². The third kappa shape index (κ3) is 1.86. The van der Waals surface area contributed by atoms with Gasteiger partial charge in [0.15, 0.2) is 0 Å². The van der Waals surface area contributed by atoms with Crippen molar-refractivity contribution in [1.82, 2.24) is 5.32 Å². The van der Waals surface area contributed by atoms with Gasteiger partial charge >= 0.3 is 0 Å². The number of thiophene rings is 1. The van der Waals surface area contributed by atoms with E-state index >= 15 is 0 Å². The van der Waals surface area contributed by atoms with Crippen LogP contribution in [-0.4, -0.2) is 17.3 Å². The van der Waals surface area contributed by atoms with Crippen LogP contribution in [0.5, 0.6) is 0 Å². The second-order valence-corrected chi connectivity index (χ2v) is 5.71. The van der Waals surface area contributed by atoms with E-state index in [1.807, 2.05) is 11.3 Å². The van der Waals surface area contributed by atoms with Gasteiger partial charge in [-0.25, -0.2) is 0 Å². The Morgan fingerprint density at radius 1 is 1.31 bits per heavy atom. The van der Waals surface area contributed by atoms with Crippen molar-refractivity contribution in [3.8, 4) is 0 Å². The maximum atomic E-state index is 9.22. The molecule has 84 valence electrons. The average molecular weight is 233 g/mol. The summed E-state index contributed by atoms with van der Waals surface area (Å²) in [6.07, 6.45) is 2.21. The molecule has 0 atom stereocenters. The fourth-order valence-electron chi connectivity index (χ4n) is 1.94. The molecule has 1 aromatic heterocycles. The molecule has 1 heterocycles. The first kappa shape index (κ1) is 10.3. The number of rotatable bonds is 4. The fraction of sp³-hybridized carbons (Fsp3) is 0.385. The Balaban J connectivity index is 1.74. The molecule has 0 spiro atoms. The van der Waals surface area contributed by atoms with Crippen molar-refractivity contribution >= 4 is 21.4 Å². The summed E-state index contributed by atoms with van der Waals surface area (Å²) < 4.78 is 1.34. The Morgan fingerprint density at radius 2 is 2.12 bits per heavy atom. The minimum atomic E-state index is 0.0379. The number of hydrogen-bond acceptors (Lipinski definition) is 3. The van der Waals surface area contributed by atoms with Crippen molar-refractivity contribution < 1.29 is 5.11 Å². The number of hydrogen-bond donors (Lipinski definition) is 2. The van der Waals surface area contributed by atoms with E-state index in [9.17, 15) is 5.11 Å². The predicted molar refractivity (Wildman–Crippen MR) is 67.7 cm³/mol. The molecule has 2 aromatic rings. The zero-order valence-electron chi connectivity index (χ0n) is 9.07. The minimum absolute atomic E-state index is 0.0379. The predicted octanol–water partition coefficient (Wildman–Crippen LogP) is 2.52. The van der Waals surface area contributed by atoms with Crippen LogP contribution in [-0.2, 0) is 6.54 Å². The molecule has 0 unspecified atom stereocenters. The van der Waals surface area contributed by atoms with Gasteiger partial charge in [0, 0.05) is 21.7 Å². The molecule has 2 nitrogen and oxygen atoms in total. The molecule has 1 aliphatic rings. The van der Waals surface area contributed by atoms with Gasteiger partial charge in [0.2, 0.25) is 0 Å². The van der Waals surface area contributed by atoms with Gasteiger partial charge < -0.3 is 10.4 Å². The van der Waals surface area contributed by atoms with E-state index in [0.717, 1.165) is 19.4 Å². The Bertz CT molecular complexity index is 468. The highest BCUT2D eigenvalue weighted by atomic mass is 32.1. The molecule has 16 heavy (non-hydrogen) atoms. The first-order valence-corrected chi connectivity index (χ1v) is 6.46. The number of aliphatic hydroxyl groups excluding tert-OH is 1. The smallest absolute Gasteiger partial charge is 0.0613 e. The Kier molecular flexibility index (Phi) is 2.46. The standard InChI is InChI=1S/C13H15NOS/c15-9-13(5-6-13)14-8-11-7-10-3-1-2-4-12(10)16-11/h1-4,7,14-15H,5-6,8-9H2.